The van der Waals surface area contributed by atoms with Crippen LogP contribution < -0.4 is 0 Å². The van der Waals surface area contributed by atoms with E-state index in [-0.39, 0.29) is 16.9 Å². The minimum atomic E-state index is -0.329. The van der Waals surface area contributed by atoms with Crippen molar-refractivity contribution < 1.29 is 9.18 Å². The molecule has 0 unspecified atom stereocenters. The molecule has 25 heavy (non-hydrogen) atoms. The molecule has 0 spiro atoms. The number of rotatable bonds is 5. The molecule has 1 heterocycles. The average molecular weight is 376 g/mol. The molecule has 0 amide bonds. The summed E-state index contributed by atoms with van der Waals surface area (Å²) in [5.74, 6) is 0.310. The zero-order valence-electron chi connectivity index (χ0n) is 13.6. The molecule has 0 aliphatic heterocycles. The highest BCUT2D eigenvalue weighted by Crippen LogP contribution is 2.27. The number of aromatic nitrogens is 3. The lowest BCUT2D eigenvalue weighted by molar-refractivity contribution is 0.0994. The molecule has 3 aromatic rings. The van der Waals surface area contributed by atoms with Crippen LogP contribution in [0, 0.1) is 5.82 Å². The fourth-order valence-corrected chi connectivity index (χ4v) is 3.35. The fourth-order valence-electron chi connectivity index (χ4n) is 2.33. The Bertz CT molecular complexity index is 894. The summed E-state index contributed by atoms with van der Waals surface area (Å²) in [7, 11) is 1.82. The Morgan fingerprint density at radius 3 is 2.40 bits per heavy atom. The monoisotopic (exact) mass is 375 g/mol. The van der Waals surface area contributed by atoms with Crippen LogP contribution in [0.4, 0.5) is 4.39 Å². The summed E-state index contributed by atoms with van der Waals surface area (Å²) in [6.45, 7) is 1.83. The van der Waals surface area contributed by atoms with Gasteiger partial charge in [0.2, 0.25) is 0 Å². The molecule has 7 heteroatoms. The fraction of sp³-hybridized carbons (Fsp3) is 0.167. The van der Waals surface area contributed by atoms with E-state index in [1.807, 2.05) is 14.0 Å². The lowest BCUT2D eigenvalue weighted by Gasteiger charge is -2.10. The van der Waals surface area contributed by atoms with Gasteiger partial charge in [-0.3, -0.25) is 4.79 Å². The van der Waals surface area contributed by atoms with Crippen LogP contribution in [0.3, 0.4) is 0 Å². The molecule has 2 aromatic carbocycles. The maximum atomic E-state index is 13.1. The summed E-state index contributed by atoms with van der Waals surface area (Å²) in [5, 5.41) is 9.19. The van der Waals surface area contributed by atoms with Gasteiger partial charge in [-0.25, -0.2) is 4.39 Å². The van der Waals surface area contributed by atoms with Gasteiger partial charge in [-0.05, 0) is 55.5 Å². The molecule has 0 saturated heterocycles. The van der Waals surface area contributed by atoms with E-state index in [9.17, 15) is 9.18 Å². The van der Waals surface area contributed by atoms with Gasteiger partial charge in [0, 0.05) is 23.2 Å². The van der Waals surface area contributed by atoms with Gasteiger partial charge >= 0.3 is 0 Å². The number of Topliss-reactive ketones (excluding diaryl/α,β-unsaturated/α-hetero) is 1. The van der Waals surface area contributed by atoms with Gasteiger partial charge in [0.1, 0.15) is 5.82 Å². The first-order valence-electron chi connectivity index (χ1n) is 7.57. The lowest BCUT2D eigenvalue weighted by Crippen LogP contribution is -2.14. The Kier molecular flexibility index (Phi) is 5.20. The van der Waals surface area contributed by atoms with E-state index in [2.05, 4.69) is 10.2 Å². The van der Waals surface area contributed by atoms with Crippen molar-refractivity contribution in [3.8, 4) is 11.4 Å². The standard InChI is InChI=1S/C18H15ClFN3OS/c1-11(16(24)12-3-7-14(19)8-4-12)25-18-22-21-17(23(18)2)13-5-9-15(20)10-6-13/h3-11H,1-2H3/t11-/m0/s1. The first kappa shape index (κ1) is 17.6. The minimum Gasteiger partial charge on any atom is -0.305 e. The van der Waals surface area contributed by atoms with E-state index < -0.39 is 0 Å². The molecule has 1 atom stereocenters. The molecule has 0 saturated carbocycles. The molecule has 0 bridgehead atoms. The van der Waals surface area contributed by atoms with E-state index >= 15 is 0 Å². The van der Waals surface area contributed by atoms with Gasteiger partial charge in [0.05, 0.1) is 5.25 Å². The van der Waals surface area contributed by atoms with Crippen molar-refractivity contribution in [1.82, 2.24) is 14.8 Å². The highest BCUT2D eigenvalue weighted by molar-refractivity contribution is 8.00. The number of halogens is 2. The van der Waals surface area contributed by atoms with Crippen LogP contribution in [-0.4, -0.2) is 25.8 Å². The summed E-state index contributed by atoms with van der Waals surface area (Å²) in [4.78, 5) is 12.5. The Labute approximate surface area is 154 Å². The predicted octanol–water partition coefficient (Wildman–Crippen LogP) is 4.64. The molecule has 3 rings (SSSR count). The third-order valence-electron chi connectivity index (χ3n) is 3.72. The molecular formula is C18H15ClFN3OS. The number of thioether (sulfide) groups is 1. The summed E-state index contributed by atoms with van der Waals surface area (Å²) >= 11 is 7.18. The first-order valence-corrected chi connectivity index (χ1v) is 8.83. The highest BCUT2D eigenvalue weighted by atomic mass is 35.5. The van der Waals surface area contributed by atoms with Gasteiger partial charge in [-0.15, -0.1) is 10.2 Å². The van der Waals surface area contributed by atoms with Crippen molar-refractivity contribution >= 4 is 29.1 Å². The van der Waals surface area contributed by atoms with Crippen molar-refractivity contribution in [2.24, 2.45) is 7.05 Å². The summed E-state index contributed by atoms with van der Waals surface area (Å²) in [5.41, 5.74) is 1.37. The number of hydrogen-bond acceptors (Lipinski definition) is 4. The van der Waals surface area contributed by atoms with Crippen molar-refractivity contribution in [2.45, 2.75) is 17.3 Å². The van der Waals surface area contributed by atoms with Crippen LogP contribution in [0.1, 0.15) is 17.3 Å². The van der Waals surface area contributed by atoms with Gasteiger partial charge in [-0.1, -0.05) is 23.4 Å². The number of carbonyl (C=O) groups is 1. The van der Waals surface area contributed by atoms with E-state index in [0.29, 0.717) is 21.6 Å². The molecule has 0 fully saturated rings. The number of ketones is 1. The summed E-state index contributed by atoms with van der Waals surface area (Å²) < 4.78 is 14.9. The quantitative estimate of drug-likeness (QED) is 0.481. The van der Waals surface area contributed by atoms with Gasteiger partial charge in [-0.2, -0.15) is 0 Å². The number of hydrogen-bond donors (Lipinski definition) is 0. The highest BCUT2D eigenvalue weighted by Gasteiger charge is 2.20. The molecule has 0 aliphatic rings. The van der Waals surface area contributed by atoms with Crippen molar-refractivity contribution in [3.63, 3.8) is 0 Å². The third-order valence-corrected chi connectivity index (χ3v) is 5.10. The molecule has 0 aliphatic carbocycles. The van der Waals surface area contributed by atoms with Crippen molar-refractivity contribution in [3.05, 3.63) is 64.9 Å². The molecule has 128 valence electrons. The Morgan fingerprint density at radius 2 is 1.76 bits per heavy atom. The second-order valence-corrected chi connectivity index (χ2v) is 7.25. The van der Waals surface area contributed by atoms with Crippen LogP contribution >= 0.6 is 23.4 Å². The summed E-state index contributed by atoms with van der Waals surface area (Å²) in [6, 6.07) is 12.9. The van der Waals surface area contributed by atoms with E-state index in [0.717, 1.165) is 5.56 Å². The zero-order valence-corrected chi connectivity index (χ0v) is 15.2. The SMILES string of the molecule is C[C@H](Sc1nnc(-c2ccc(F)cc2)n1C)C(=O)c1ccc(Cl)cc1. The van der Waals surface area contributed by atoms with Crippen molar-refractivity contribution in [1.29, 1.82) is 0 Å². The molecule has 4 nitrogen and oxygen atoms in total. The maximum Gasteiger partial charge on any atom is 0.191 e. The topological polar surface area (TPSA) is 47.8 Å². The molecular weight excluding hydrogens is 361 g/mol. The lowest BCUT2D eigenvalue weighted by atomic mass is 10.1. The first-order chi connectivity index (χ1) is 12.0. The Balaban J connectivity index is 1.78. The Morgan fingerprint density at radius 1 is 1.12 bits per heavy atom. The second-order valence-electron chi connectivity index (χ2n) is 5.50. The summed E-state index contributed by atoms with van der Waals surface area (Å²) in [6.07, 6.45) is 0. The van der Waals surface area contributed by atoms with Crippen LogP contribution in [-0.2, 0) is 7.05 Å². The van der Waals surface area contributed by atoms with Gasteiger partial charge < -0.3 is 4.57 Å². The largest absolute Gasteiger partial charge is 0.305 e. The van der Waals surface area contributed by atoms with Gasteiger partial charge in [0.25, 0.3) is 0 Å². The molecule has 0 radical (unpaired) electrons. The minimum absolute atomic E-state index is 0.00648. The van der Waals surface area contributed by atoms with Crippen molar-refractivity contribution in [2.75, 3.05) is 0 Å². The number of benzene rings is 2. The van der Waals surface area contributed by atoms with Crippen LogP contribution in [0.2, 0.25) is 5.02 Å². The number of nitrogens with zero attached hydrogens (tertiary/aromatic N) is 3. The van der Waals surface area contributed by atoms with Crippen LogP contribution in [0.25, 0.3) is 11.4 Å². The van der Waals surface area contributed by atoms with Gasteiger partial charge in [0.15, 0.2) is 16.8 Å². The normalized spacial score (nSPS) is 12.2. The second kappa shape index (κ2) is 7.37. The smallest absolute Gasteiger partial charge is 0.191 e. The van der Waals surface area contributed by atoms with E-state index in [1.165, 1.54) is 23.9 Å². The predicted molar refractivity (Wildman–Crippen MR) is 97.5 cm³/mol. The average Bonchev–Trinajstić information content (AvgIpc) is 2.96. The van der Waals surface area contributed by atoms with E-state index in [1.54, 1.807) is 41.0 Å². The molecule has 1 aromatic heterocycles. The maximum absolute atomic E-state index is 13.1. The third kappa shape index (κ3) is 3.91. The Hall–Kier alpha value is -2.18. The zero-order chi connectivity index (χ0) is 18.0. The van der Waals surface area contributed by atoms with Crippen LogP contribution in [0.15, 0.2) is 53.7 Å². The molecule has 0 N–H and O–H groups in total. The van der Waals surface area contributed by atoms with E-state index in [4.69, 9.17) is 11.6 Å². The number of carbonyl (C=O) groups excluding carboxylic acids is 1. The van der Waals surface area contributed by atoms with Crippen LogP contribution in [0.5, 0.6) is 0 Å².